The van der Waals surface area contributed by atoms with E-state index < -0.39 is 6.04 Å². The number of rotatable bonds is 6. The van der Waals surface area contributed by atoms with Gasteiger partial charge >= 0.3 is 0 Å². The van der Waals surface area contributed by atoms with E-state index in [1.807, 2.05) is 77.9 Å². The van der Waals surface area contributed by atoms with Crippen LogP contribution in [0.2, 0.25) is 0 Å². The van der Waals surface area contributed by atoms with Crippen LogP contribution in [-0.2, 0) is 22.6 Å². The van der Waals surface area contributed by atoms with Gasteiger partial charge < -0.3 is 10.2 Å². The second-order valence-electron chi connectivity index (χ2n) is 9.04. The van der Waals surface area contributed by atoms with Crippen LogP contribution in [0.25, 0.3) is 0 Å². The molecule has 2 rings (SSSR count). The smallest absolute Gasteiger partial charge is 0.242 e. The minimum absolute atomic E-state index is 0.0465. The van der Waals surface area contributed by atoms with Gasteiger partial charge in [0.25, 0.3) is 0 Å². The normalized spacial score (nSPS) is 12.4. The Morgan fingerprint density at radius 2 is 1.59 bits per heavy atom. The van der Waals surface area contributed by atoms with Crippen molar-refractivity contribution in [2.24, 2.45) is 0 Å². The summed E-state index contributed by atoms with van der Waals surface area (Å²) in [6.45, 7) is 14.1. The minimum Gasteiger partial charge on any atom is -0.350 e. The van der Waals surface area contributed by atoms with Crippen molar-refractivity contribution in [1.82, 2.24) is 10.2 Å². The zero-order chi connectivity index (χ0) is 21.8. The molecular weight excluding hydrogens is 360 g/mol. The lowest BCUT2D eigenvalue weighted by atomic mass is 10.0. The van der Waals surface area contributed by atoms with Crippen LogP contribution in [0.3, 0.4) is 0 Å². The molecule has 0 fully saturated rings. The lowest BCUT2D eigenvalue weighted by Gasteiger charge is -2.32. The number of carbonyl (C=O) groups excluding carboxylic acids is 2. The molecule has 0 aliphatic rings. The molecule has 1 N–H and O–H groups in total. The molecule has 29 heavy (non-hydrogen) atoms. The first kappa shape index (κ1) is 22.7. The number of amides is 2. The van der Waals surface area contributed by atoms with Gasteiger partial charge in [-0.15, -0.1) is 0 Å². The summed E-state index contributed by atoms with van der Waals surface area (Å²) in [6.07, 6.45) is 0.279. The van der Waals surface area contributed by atoms with Gasteiger partial charge in [-0.1, -0.05) is 53.6 Å². The first-order chi connectivity index (χ1) is 13.5. The van der Waals surface area contributed by atoms with Gasteiger partial charge in [-0.25, -0.2) is 0 Å². The Morgan fingerprint density at radius 3 is 2.14 bits per heavy atom. The number of carbonyl (C=O) groups is 2. The van der Waals surface area contributed by atoms with Crippen molar-refractivity contribution in [3.05, 3.63) is 70.3 Å². The molecule has 1 unspecified atom stereocenters. The highest BCUT2D eigenvalue weighted by Crippen LogP contribution is 2.17. The van der Waals surface area contributed by atoms with E-state index in [1.165, 1.54) is 0 Å². The van der Waals surface area contributed by atoms with Crippen molar-refractivity contribution in [1.29, 1.82) is 0 Å². The lowest BCUT2D eigenvalue weighted by Crippen LogP contribution is -2.52. The van der Waals surface area contributed by atoms with Gasteiger partial charge in [0, 0.05) is 12.1 Å². The Labute approximate surface area is 175 Å². The first-order valence-electron chi connectivity index (χ1n) is 10.2. The highest BCUT2D eigenvalue weighted by molar-refractivity contribution is 5.88. The van der Waals surface area contributed by atoms with Crippen molar-refractivity contribution in [3.63, 3.8) is 0 Å². The summed E-state index contributed by atoms with van der Waals surface area (Å²) in [5.74, 6) is -0.185. The molecule has 156 valence electrons. The molecule has 0 radical (unpaired) electrons. The summed E-state index contributed by atoms with van der Waals surface area (Å²) in [4.78, 5) is 27.8. The molecule has 0 aromatic heterocycles. The zero-order valence-corrected chi connectivity index (χ0v) is 18.8. The van der Waals surface area contributed by atoms with Gasteiger partial charge in [0.15, 0.2) is 0 Å². The van der Waals surface area contributed by atoms with Gasteiger partial charge in [0.05, 0.1) is 6.42 Å². The topological polar surface area (TPSA) is 49.4 Å². The summed E-state index contributed by atoms with van der Waals surface area (Å²) in [5, 5.41) is 3.00. The van der Waals surface area contributed by atoms with Crippen LogP contribution in [0.15, 0.2) is 42.5 Å². The molecule has 2 amide bonds. The quantitative estimate of drug-likeness (QED) is 0.785. The van der Waals surface area contributed by atoms with E-state index in [0.717, 1.165) is 27.8 Å². The first-order valence-corrected chi connectivity index (χ1v) is 10.2. The van der Waals surface area contributed by atoms with Gasteiger partial charge in [-0.3, -0.25) is 9.59 Å². The molecule has 0 aliphatic heterocycles. The number of benzene rings is 2. The third-order valence-electron chi connectivity index (χ3n) is 4.90. The second kappa shape index (κ2) is 9.25. The number of hydrogen-bond donors (Lipinski definition) is 1. The van der Waals surface area contributed by atoms with E-state index in [9.17, 15) is 9.59 Å². The highest BCUT2D eigenvalue weighted by Gasteiger charge is 2.28. The fourth-order valence-corrected chi connectivity index (χ4v) is 3.47. The van der Waals surface area contributed by atoms with E-state index in [-0.39, 0.29) is 23.8 Å². The zero-order valence-electron chi connectivity index (χ0n) is 18.8. The highest BCUT2D eigenvalue weighted by atomic mass is 16.2. The summed E-state index contributed by atoms with van der Waals surface area (Å²) < 4.78 is 0. The fourth-order valence-electron chi connectivity index (χ4n) is 3.47. The van der Waals surface area contributed by atoms with Gasteiger partial charge in [-0.2, -0.15) is 0 Å². The third kappa shape index (κ3) is 6.74. The van der Waals surface area contributed by atoms with Crippen LogP contribution in [0.1, 0.15) is 55.5 Å². The Bertz CT molecular complexity index is 860. The van der Waals surface area contributed by atoms with E-state index in [4.69, 9.17) is 0 Å². The van der Waals surface area contributed by atoms with Gasteiger partial charge in [0.1, 0.15) is 6.04 Å². The third-order valence-corrected chi connectivity index (χ3v) is 4.90. The fraction of sp³-hybridized carbons (Fsp3) is 0.440. The molecule has 4 heteroatoms. The van der Waals surface area contributed by atoms with E-state index in [2.05, 4.69) is 11.4 Å². The average molecular weight is 395 g/mol. The monoisotopic (exact) mass is 394 g/mol. The number of aryl methyl sites for hydroxylation is 3. The maximum absolute atomic E-state index is 13.3. The molecule has 0 heterocycles. The molecule has 2 aromatic carbocycles. The molecule has 0 spiro atoms. The Morgan fingerprint density at radius 1 is 1.00 bits per heavy atom. The van der Waals surface area contributed by atoms with Gasteiger partial charge in [0.2, 0.25) is 11.8 Å². The Kier molecular flexibility index (Phi) is 7.23. The second-order valence-corrected chi connectivity index (χ2v) is 9.04. The Hall–Kier alpha value is -2.62. The van der Waals surface area contributed by atoms with Crippen LogP contribution in [0.5, 0.6) is 0 Å². The number of hydrogen-bond acceptors (Lipinski definition) is 2. The number of nitrogens with zero attached hydrogens (tertiary/aromatic N) is 1. The Balaban J connectivity index is 2.30. The summed E-state index contributed by atoms with van der Waals surface area (Å²) in [7, 11) is 0. The molecule has 2 aromatic rings. The van der Waals surface area contributed by atoms with Crippen molar-refractivity contribution in [3.8, 4) is 0 Å². The predicted molar refractivity (Wildman–Crippen MR) is 119 cm³/mol. The molecule has 0 aliphatic carbocycles. The summed E-state index contributed by atoms with van der Waals surface area (Å²) >= 11 is 0. The van der Waals surface area contributed by atoms with Crippen molar-refractivity contribution in [2.75, 3.05) is 0 Å². The maximum Gasteiger partial charge on any atom is 0.242 e. The van der Waals surface area contributed by atoms with Crippen LogP contribution >= 0.6 is 0 Å². The van der Waals surface area contributed by atoms with Crippen LogP contribution in [0.4, 0.5) is 0 Å². The van der Waals surface area contributed by atoms with Crippen LogP contribution in [0, 0.1) is 20.8 Å². The molecule has 0 saturated carbocycles. The van der Waals surface area contributed by atoms with Crippen molar-refractivity contribution >= 4 is 11.8 Å². The van der Waals surface area contributed by atoms with Crippen molar-refractivity contribution in [2.45, 2.75) is 73.0 Å². The molecular formula is C25H34N2O2. The van der Waals surface area contributed by atoms with Gasteiger partial charge in [-0.05, 0) is 65.2 Å². The predicted octanol–water partition coefficient (Wildman–Crippen LogP) is 4.49. The largest absolute Gasteiger partial charge is 0.350 e. The minimum atomic E-state index is -0.563. The van der Waals surface area contributed by atoms with E-state index in [0.29, 0.717) is 6.54 Å². The van der Waals surface area contributed by atoms with Crippen LogP contribution in [-0.4, -0.2) is 28.3 Å². The maximum atomic E-state index is 13.3. The molecule has 0 saturated heterocycles. The average Bonchev–Trinajstić information content (AvgIpc) is 2.58. The standard InChI is InChI=1S/C25H34N2O2/c1-17-12-18(2)14-21(13-17)15-23(28)27(16-22-11-9-8-10-19(22)3)20(4)24(29)26-25(5,6)7/h8-14,20H,15-16H2,1-7H3,(H,26,29). The van der Waals surface area contributed by atoms with E-state index >= 15 is 0 Å². The van der Waals surface area contributed by atoms with Crippen molar-refractivity contribution < 1.29 is 9.59 Å². The SMILES string of the molecule is Cc1cc(C)cc(CC(=O)N(Cc2ccccc2C)C(C)C(=O)NC(C)(C)C)c1. The molecule has 4 nitrogen and oxygen atoms in total. The summed E-state index contributed by atoms with van der Waals surface area (Å²) in [6, 6.07) is 13.6. The number of nitrogens with one attached hydrogen (secondary N) is 1. The lowest BCUT2D eigenvalue weighted by molar-refractivity contribution is -0.140. The molecule has 0 bridgehead atoms. The van der Waals surface area contributed by atoms with E-state index in [1.54, 1.807) is 11.8 Å². The molecule has 1 atom stereocenters. The van der Waals surface area contributed by atoms with Crippen LogP contribution < -0.4 is 5.32 Å². The summed E-state index contributed by atoms with van der Waals surface area (Å²) in [5.41, 5.74) is 5.06.